The van der Waals surface area contributed by atoms with Crippen LogP contribution in [0.15, 0.2) is 22.7 Å². The summed E-state index contributed by atoms with van der Waals surface area (Å²) in [5, 5.41) is 0. The molecule has 2 rings (SSSR count). The summed E-state index contributed by atoms with van der Waals surface area (Å²) in [7, 11) is -3.18. The van der Waals surface area contributed by atoms with E-state index in [-0.39, 0.29) is 11.8 Å². The van der Waals surface area contributed by atoms with Gasteiger partial charge in [0.05, 0.1) is 0 Å². The van der Waals surface area contributed by atoms with E-state index in [4.69, 9.17) is 0 Å². The Balaban J connectivity index is 2.35. The zero-order valence-corrected chi connectivity index (χ0v) is 11.0. The molecule has 1 heterocycles. The summed E-state index contributed by atoms with van der Waals surface area (Å²) in [6, 6.07) is 5.32. The number of nitrogens with zero attached hydrogens (tertiary/aromatic N) is 1. The summed E-state index contributed by atoms with van der Waals surface area (Å²) >= 11 is 3.35. The predicted octanol–water partition coefficient (Wildman–Crippen LogP) is 1.41. The van der Waals surface area contributed by atoms with E-state index in [1.54, 1.807) is 12.1 Å². The van der Waals surface area contributed by atoms with Gasteiger partial charge in [0.25, 0.3) is 5.91 Å². The van der Waals surface area contributed by atoms with Crippen molar-refractivity contribution in [3.63, 3.8) is 0 Å². The molecule has 0 fully saturated rings. The van der Waals surface area contributed by atoms with E-state index >= 15 is 0 Å². The van der Waals surface area contributed by atoms with Gasteiger partial charge in [-0.05, 0) is 17.7 Å². The topological polar surface area (TPSA) is 54.5 Å². The molecule has 0 aromatic heterocycles. The molecule has 0 bridgehead atoms. The van der Waals surface area contributed by atoms with Crippen molar-refractivity contribution in [2.45, 2.75) is 6.54 Å². The first-order valence-electron chi connectivity index (χ1n) is 4.63. The number of sulfone groups is 1. The van der Waals surface area contributed by atoms with Crippen LogP contribution in [0.4, 0.5) is 0 Å². The second kappa shape index (κ2) is 3.85. The van der Waals surface area contributed by atoms with Crippen LogP contribution in [0.25, 0.3) is 0 Å². The molecule has 0 atom stereocenters. The zero-order valence-electron chi connectivity index (χ0n) is 8.60. The lowest BCUT2D eigenvalue weighted by Gasteiger charge is -2.13. The second-order valence-electron chi connectivity index (χ2n) is 3.82. The third-order valence-electron chi connectivity index (χ3n) is 2.38. The maximum absolute atomic E-state index is 11.9. The fourth-order valence-electron chi connectivity index (χ4n) is 1.74. The minimum absolute atomic E-state index is 0.221. The lowest BCUT2D eigenvalue weighted by atomic mass is 10.1. The maximum Gasteiger partial charge on any atom is 0.255 e. The molecule has 0 N–H and O–H groups in total. The Bertz CT molecular complexity index is 553. The van der Waals surface area contributed by atoms with Crippen LogP contribution in [-0.4, -0.2) is 31.4 Å². The van der Waals surface area contributed by atoms with Gasteiger partial charge in [0, 0.05) is 22.8 Å². The van der Waals surface area contributed by atoms with Crippen LogP contribution in [0.1, 0.15) is 15.9 Å². The van der Waals surface area contributed by atoms with Crippen molar-refractivity contribution in [3.05, 3.63) is 33.8 Å². The first-order chi connectivity index (χ1) is 7.38. The zero-order chi connectivity index (χ0) is 11.9. The number of hydrogen-bond acceptors (Lipinski definition) is 3. The minimum atomic E-state index is -3.18. The quantitative estimate of drug-likeness (QED) is 0.830. The highest BCUT2D eigenvalue weighted by Crippen LogP contribution is 2.29. The molecule has 1 aliphatic heterocycles. The van der Waals surface area contributed by atoms with E-state index in [0.717, 1.165) is 16.3 Å². The van der Waals surface area contributed by atoms with Gasteiger partial charge in [-0.25, -0.2) is 8.42 Å². The number of halogens is 1. The van der Waals surface area contributed by atoms with Gasteiger partial charge in [0.2, 0.25) is 0 Å². The van der Waals surface area contributed by atoms with Crippen molar-refractivity contribution in [1.29, 1.82) is 0 Å². The number of rotatable bonds is 2. The molecule has 1 amide bonds. The molecule has 6 heteroatoms. The van der Waals surface area contributed by atoms with Gasteiger partial charge >= 0.3 is 0 Å². The van der Waals surface area contributed by atoms with Crippen LogP contribution in [-0.2, 0) is 16.4 Å². The summed E-state index contributed by atoms with van der Waals surface area (Å²) in [4.78, 5) is 13.2. The minimum Gasteiger partial charge on any atom is -0.320 e. The second-order valence-corrected chi connectivity index (χ2v) is 6.79. The highest BCUT2D eigenvalue weighted by atomic mass is 79.9. The van der Waals surface area contributed by atoms with E-state index in [2.05, 4.69) is 15.9 Å². The van der Waals surface area contributed by atoms with E-state index in [1.165, 1.54) is 4.90 Å². The standard InChI is InChI=1S/C10H10BrNO3S/c1-16(14,15)6-12-5-8-7(10(12)13)3-2-4-9(8)11/h2-4H,5-6H2,1H3. The molecule has 0 unspecified atom stereocenters. The fourth-order valence-corrected chi connectivity index (χ4v) is 3.01. The smallest absolute Gasteiger partial charge is 0.255 e. The fraction of sp³-hybridized carbons (Fsp3) is 0.300. The van der Waals surface area contributed by atoms with E-state index in [0.29, 0.717) is 12.1 Å². The summed E-state index contributed by atoms with van der Waals surface area (Å²) in [6.07, 6.45) is 1.12. The van der Waals surface area contributed by atoms with Crippen LogP contribution >= 0.6 is 15.9 Å². The van der Waals surface area contributed by atoms with Gasteiger partial charge < -0.3 is 4.90 Å². The molecule has 4 nitrogen and oxygen atoms in total. The van der Waals surface area contributed by atoms with Gasteiger partial charge in [-0.3, -0.25) is 4.79 Å². The van der Waals surface area contributed by atoms with Crippen molar-refractivity contribution in [1.82, 2.24) is 4.90 Å². The number of fused-ring (bicyclic) bond motifs is 1. The highest BCUT2D eigenvalue weighted by molar-refractivity contribution is 9.10. The van der Waals surface area contributed by atoms with Gasteiger partial charge in [0.15, 0.2) is 9.84 Å². The Morgan fingerprint density at radius 1 is 1.44 bits per heavy atom. The molecule has 1 aromatic rings. The summed E-state index contributed by atoms with van der Waals surface area (Å²) in [5.41, 5.74) is 1.44. The van der Waals surface area contributed by atoms with Crippen LogP contribution < -0.4 is 0 Å². The number of carbonyl (C=O) groups excluding carboxylic acids is 1. The first kappa shape index (κ1) is 11.6. The monoisotopic (exact) mass is 303 g/mol. The Morgan fingerprint density at radius 3 is 2.69 bits per heavy atom. The predicted molar refractivity (Wildman–Crippen MR) is 63.7 cm³/mol. The number of benzene rings is 1. The van der Waals surface area contributed by atoms with Crippen LogP contribution in [0.5, 0.6) is 0 Å². The molecule has 1 aromatic carbocycles. The molecule has 0 saturated heterocycles. The SMILES string of the molecule is CS(=O)(=O)CN1Cc2c(Br)cccc2C1=O. The summed E-state index contributed by atoms with van der Waals surface area (Å²) in [5.74, 6) is -0.450. The Hall–Kier alpha value is -0.880. The number of amides is 1. The van der Waals surface area contributed by atoms with E-state index in [1.807, 2.05) is 6.07 Å². The largest absolute Gasteiger partial charge is 0.320 e. The summed E-state index contributed by atoms with van der Waals surface area (Å²) in [6.45, 7) is 0.350. The van der Waals surface area contributed by atoms with Crippen molar-refractivity contribution < 1.29 is 13.2 Å². The Kier molecular flexibility index (Phi) is 2.79. The Labute approximate surface area is 102 Å². The molecule has 16 heavy (non-hydrogen) atoms. The van der Waals surface area contributed by atoms with Gasteiger partial charge in [0.1, 0.15) is 5.88 Å². The third-order valence-corrected chi connectivity index (χ3v) is 3.90. The number of hydrogen-bond donors (Lipinski definition) is 0. The molecule has 0 aliphatic carbocycles. The Morgan fingerprint density at radius 2 is 2.12 bits per heavy atom. The normalized spacial score (nSPS) is 15.4. The lowest BCUT2D eigenvalue weighted by molar-refractivity contribution is 0.0804. The van der Waals surface area contributed by atoms with Crippen molar-refractivity contribution in [3.8, 4) is 0 Å². The lowest BCUT2D eigenvalue weighted by Crippen LogP contribution is -2.29. The molecule has 0 saturated carbocycles. The van der Waals surface area contributed by atoms with Crippen LogP contribution in [0.3, 0.4) is 0 Å². The molecular weight excluding hydrogens is 294 g/mol. The van der Waals surface area contributed by atoms with Crippen molar-refractivity contribution in [2.24, 2.45) is 0 Å². The van der Waals surface area contributed by atoms with Gasteiger partial charge in [-0.2, -0.15) is 0 Å². The molecular formula is C10H10BrNO3S. The first-order valence-corrected chi connectivity index (χ1v) is 7.48. The summed E-state index contributed by atoms with van der Waals surface area (Å²) < 4.78 is 23.2. The molecule has 1 aliphatic rings. The third kappa shape index (κ3) is 2.12. The van der Waals surface area contributed by atoms with E-state index < -0.39 is 9.84 Å². The van der Waals surface area contributed by atoms with Gasteiger partial charge in [-0.1, -0.05) is 22.0 Å². The molecule has 0 spiro atoms. The van der Waals surface area contributed by atoms with Crippen molar-refractivity contribution >= 4 is 31.7 Å². The maximum atomic E-state index is 11.9. The molecule has 86 valence electrons. The average Bonchev–Trinajstić information content (AvgIpc) is 2.44. The average molecular weight is 304 g/mol. The van der Waals surface area contributed by atoms with Crippen molar-refractivity contribution in [2.75, 3.05) is 12.1 Å². The highest BCUT2D eigenvalue weighted by Gasteiger charge is 2.30. The molecule has 0 radical (unpaired) electrons. The number of carbonyl (C=O) groups is 1. The van der Waals surface area contributed by atoms with E-state index in [9.17, 15) is 13.2 Å². The van der Waals surface area contributed by atoms with Crippen LogP contribution in [0.2, 0.25) is 0 Å². The van der Waals surface area contributed by atoms with Crippen LogP contribution in [0, 0.1) is 0 Å². The van der Waals surface area contributed by atoms with Gasteiger partial charge in [-0.15, -0.1) is 0 Å².